The number of rotatable bonds is 19. The average molecular weight is 580 g/mol. The minimum absolute atomic E-state index is 0.117. The van der Waals surface area contributed by atoms with Gasteiger partial charge in [-0.25, -0.2) is 0 Å². The number of ether oxygens (including phenoxy) is 2. The molecular formula is C21H42I2O2. The zero-order valence-corrected chi connectivity index (χ0v) is 21.3. The van der Waals surface area contributed by atoms with Gasteiger partial charge in [0.2, 0.25) is 0 Å². The fraction of sp³-hybridized carbons (Fsp3) is 1.00. The van der Waals surface area contributed by atoms with E-state index in [4.69, 9.17) is 9.47 Å². The molecule has 0 aliphatic rings. The number of alkyl halides is 2. The smallest absolute Gasteiger partial charge is 0.0724 e. The van der Waals surface area contributed by atoms with Crippen LogP contribution in [-0.4, -0.2) is 28.4 Å². The van der Waals surface area contributed by atoms with Crippen molar-refractivity contribution < 1.29 is 9.47 Å². The molecule has 0 rings (SSSR count). The van der Waals surface area contributed by atoms with Crippen molar-refractivity contribution in [3.8, 4) is 0 Å². The third-order valence-corrected chi connectivity index (χ3v) is 7.68. The Morgan fingerprint density at radius 3 is 1.36 bits per heavy atom. The summed E-state index contributed by atoms with van der Waals surface area (Å²) in [6.07, 6.45) is 15.9. The highest BCUT2D eigenvalue weighted by Gasteiger charge is 2.31. The fourth-order valence-electron chi connectivity index (χ4n) is 2.75. The zero-order valence-electron chi connectivity index (χ0n) is 17.0. The van der Waals surface area contributed by atoms with Gasteiger partial charge < -0.3 is 9.47 Å². The molecule has 0 aliphatic heterocycles. The van der Waals surface area contributed by atoms with E-state index in [1.807, 2.05) is 0 Å². The third-order valence-electron chi connectivity index (χ3n) is 4.67. The molecule has 0 spiro atoms. The molecule has 0 N–H and O–H groups in total. The first-order valence-electron chi connectivity index (χ1n) is 10.5. The van der Waals surface area contributed by atoms with Crippen molar-refractivity contribution in [2.45, 2.75) is 99.8 Å². The molecule has 0 fully saturated rings. The molecule has 152 valence electrons. The van der Waals surface area contributed by atoms with Gasteiger partial charge in [-0.1, -0.05) is 130 Å². The van der Waals surface area contributed by atoms with E-state index in [9.17, 15) is 0 Å². The van der Waals surface area contributed by atoms with Crippen molar-refractivity contribution >= 4 is 45.2 Å². The number of halogens is 2. The van der Waals surface area contributed by atoms with Gasteiger partial charge in [-0.2, -0.15) is 0 Å². The second kappa shape index (κ2) is 18.7. The van der Waals surface area contributed by atoms with Gasteiger partial charge in [-0.05, 0) is 12.8 Å². The molecule has 4 heteroatoms. The van der Waals surface area contributed by atoms with Crippen LogP contribution >= 0.6 is 45.2 Å². The van der Waals surface area contributed by atoms with Gasteiger partial charge in [0.1, 0.15) is 0 Å². The Labute approximate surface area is 185 Å². The van der Waals surface area contributed by atoms with Crippen LogP contribution in [0.15, 0.2) is 0 Å². The van der Waals surface area contributed by atoms with E-state index in [1.165, 1.54) is 77.0 Å². The van der Waals surface area contributed by atoms with Crippen LogP contribution < -0.4 is 0 Å². The minimum atomic E-state index is 0.117. The molecule has 0 amide bonds. The van der Waals surface area contributed by atoms with Gasteiger partial charge in [0, 0.05) is 18.6 Å². The molecule has 0 radical (unpaired) electrons. The molecule has 0 aromatic heterocycles. The predicted octanol–water partition coefficient (Wildman–Crippen LogP) is 7.94. The maximum atomic E-state index is 6.00. The predicted molar refractivity (Wildman–Crippen MR) is 128 cm³/mol. The monoisotopic (exact) mass is 580 g/mol. The summed E-state index contributed by atoms with van der Waals surface area (Å²) in [6.45, 7) is 10.3. The van der Waals surface area contributed by atoms with E-state index < -0.39 is 0 Å². The van der Waals surface area contributed by atoms with Crippen molar-refractivity contribution in [2.75, 3.05) is 26.4 Å². The Bertz CT molecular complexity index is 253. The van der Waals surface area contributed by atoms with E-state index in [2.05, 4.69) is 66.0 Å². The highest BCUT2D eigenvalue weighted by atomic mass is 127. The number of hydrogen-bond donors (Lipinski definition) is 0. The SMILES string of the molecule is CCCCCCCCOCC(C)(COCCCCCCCC)C(I)I. The van der Waals surface area contributed by atoms with Crippen LogP contribution in [-0.2, 0) is 9.47 Å². The summed E-state index contributed by atoms with van der Waals surface area (Å²) in [5.74, 6) is 0. The van der Waals surface area contributed by atoms with Crippen LogP contribution in [0.4, 0.5) is 0 Å². The first-order chi connectivity index (χ1) is 12.1. The summed E-state index contributed by atoms with van der Waals surface area (Å²) in [4.78, 5) is 0. The fourth-order valence-corrected chi connectivity index (χ4v) is 3.47. The Kier molecular flexibility index (Phi) is 19.8. The summed E-state index contributed by atoms with van der Waals surface area (Å²) in [7, 11) is 0. The van der Waals surface area contributed by atoms with E-state index in [-0.39, 0.29) is 5.41 Å². The van der Waals surface area contributed by atoms with E-state index in [1.54, 1.807) is 0 Å². The second-order valence-corrected chi connectivity index (χ2v) is 12.5. The summed E-state index contributed by atoms with van der Waals surface area (Å²) in [5.41, 5.74) is 0.117. The molecule has 0 atom stereocenters. The standard InChI is InChI=1S/C21H42I2O2/c1-4-6-8-10-12-14-16-24-18-21(3,20(22)23)19-25-17-15-13-11-9-7-5-2/h20H,4-19H2,1-3H3. The number of hydrogen-bond acceptors (Lipinski definition) is 2. The maximum Gasteiger partial charge on any atom is 0.0724 e. The van der Waals surface area contributed by atoms with Gasteiger partial charge in [-0.3, -0.25) is 0 Å². The molecule has 0 aromatic carbocycles. The van der Waals surface area contributed by atoms with Crippen molar-refractivity contribution in [3.05, 3.63) is 0 Å². The van der Waals surface area contributed by atoms with E-state index in [0.717, 1.165) is 26.4 Å². The van der Waals surface area contributed by atoms with Gasteiger partial charge in [-0.15, -0.1) is 0 Å². The van der Waals surface area contributed by atoms with Crippen LogP contribution in [0, 0.1) is 5.41 Å². The summed E-state index contributed by atoms with van der Waals surface area (Å²) in [5, 5.41) is 0. The molecule has 0 saturated carbocycles. The van der Waals surface area contributed by atoms with Crippen molar-refractivity contribution in [1.82, 2.24) is 0 Å². The zero-order chi connectivity index (χ0) is 18.8. The van der Waals surface area contributed by atoms with Crippen LogP contribution in [0.25, 0.3) is 0 Å². The molecule has 25 heavy (non-hydrogen) atoms. The van der Waals surface area contributed by atoms with Gasteiger partial charge >= 0.3 is 0 Å². The molecular weight excluding hydrogens is 538 g/mol. The lowest BCUT2D eigenvalue weighted by Gasteiger charge is -2.31. The van der Waals surface area contributed by atoms with Gasteiger partial charge in [0.05, 0.1) is 15.1 Å². The van der Waals surface area contributed by atoms with Crippen LogP contribution in [0.1, 0.15) is 97.8 Å². The Morgan fingerprint density at radius 2 is 1.00 bits per heavy atom. The Hall–Kier alpha value is 1.38. The van der Waals surface area contributed by atoms with Crippen LogP contribution in [0.5, 0.6) is 0 Å². The molecule has 0 aromatic rings. The maximum absolute atomic E-state index is 6.00. The lowest BCUT2D eigenvalue weighted by atomic mass is 9.96. The average Bonchev–Trinajstić information content (AvgIpc) is 2.59. The summed E-state index contributed by atoms with van der Waals surface area (Å²) < 4.78 is 12.5. The van der Waals surface area contributed by atoms with E-state index >= 15 is 0 Å². The highest BCUT2D eigenvalue weighted by Crippen LogP contribution is 2.34. The quantitative estimate of drug-likeness (QED) is 0.0878. The lowest BCUT2D eigenvalue weighted by molar-refractivity contribution is -0.00316. The molecule has 0 unspecified atom stereocenters. The normalized spacial score (nSPS) is 12.2. The second-order valence-electron chi connectivity index (χ2n) is 7.60. The largest absolute Gasteiger partial charge is 0.381 e. The molecule has 0 aliphatic carbocycles. The summed E-state index contributed by atoms with van der Waals surface area (Å²) >= 11 is 5.03. The van der Waals surface area contributed by atoms with Crippen molar-refractivity contribution in [3.63, 3.8) is 0 Å². The summed E-state index contributed by atoms with van der Waals surface area (Å²) in [6, 6.07) is 0. The molecule has 0 heterocycles. The van der Waals surface area contributed by atoms with Gasteiger partial charge in [0.15, 0.2) is 0 Å². The lowest BCUT2D eigenvalue weighted by Crippen LogP contribution is -2.35. The first kappa shape index (κ1) is 26.4. The number of unbranched alkanes of at least 4 members (excludes halogenated alkanes) is 10. The molecule has 0 saturated heterocycles. The van der Waals surface area contributed by atoms with E-state index in [0.29, 0.717) is 1.93 Å². The highest BCUT2D eigenvalue weighted by molar-refractivity contribution is 14.2. The third kappa shape index (κ3) is 16.1. The Balaban J connectivity index is 3.71. The Morgan fingerprint density at radius 1 is 0.640 bits per heavy atom. The molecule has 2 nitrogen and oxygen atoms in total. The van der Waals surface area contributed by atoms with Crippen LogP contribution in [0.3, 0.4) is 0 Å². The molecule has 0 bridgehead atoms. The van der Waals surface area contributed by atoms with Crippen LogP contribution in [0.2, 0.25) is 0 Å². The van der Waals surface area contributed by atoms with Crippen molar-refractivity contribution in [2.24, 2.45) is 5.41 Å². The van der Waals surface area contributed by atoms with Gasteiger partial charge in [0.25, 0.3) is 0 Å². The first-order valence-corrected chi connectivity index (χ1v) is 13.0. The topological polar surface area (TPSA) is 18.5 Å². The van der Waals surface area contributed by atoms with Crippen molar-refractivity contribution in [1.29, 1.82) is 0 Å². The minimum Gasteiger partial charge on any atom is -0.381 e.